The minimum Gasteiger partial charge on any atom is -0.466 e. The number of rotatable bonds is 12. The number of nitrogens with one attached hydrogen (secondary N) is 2. The van der Waals surface area contributed by atoms with Gasteiger partial charge in [0.15, 0.2) is 0 Å². The Morgan fingerprint density at radius 2 is 1.85 bits per heavy atom. The maximum Gasteiger partial charge on any atom is 0.305 e. The van der Waals surface area contributed by atoms with Crippen LogP contribution >= 0.6 is 0 Å². The van der Waals surface area contributed by atoms with Crippen molar-refractivity contribution < 1.29 is 19.1 Å². The molecule has 0 aliphatic carbocycles. The predicted octanol–water partition coefficient (Wildman–Crippen LogP) is 2.70. The van der Waals surface area contributed by atoms with Gasteiger partial charge >= 0.3 is 5.97 Å². The molecule has 7 nitrogen and oxygen atoms in total. The lowest BCUT2D eigenvalue weighted by molar-refractivity contribution is -0.143. The third kappa shape index (κ3) is 8.84. The maximum atomic E-state index is 12.8. The van der Waals surface area contributed by atoms with E-state index in [4.69, 9.17) is 10.1 Å². The van der Waals surface area contributed by atoms with Crippen molar-refractivity contribution in [1.82, 2.24) is 10.2 Å². The summed E-state index contributed by atoms with van der Waals surface area (Å²) in [6.45, 7) is 9.76. The van der Waals surface area contributed by atoms with Gasteiger partial charge in [-0.2, -0.15) is 0 Å². The molecule has 0 saturated heterocycles. The third-order valence-corrected chi connectivity index (χ3v) is 4.07. The molecule has 0 heterocycles. The molecule has 1 unspecified atom stereocenters. The summed E-state index contributed by atoms with van der Waals surface area (Å²) >= 11 is 0. The Balaban J connectivity index is 4.98. The normalized spacial score (nSPS) is 12.5. The van der Waals surface area contributed by atoms with Crippen LogP contribution < -0.4 is 5.32 Å². The summed E-state index contributed by atoms with van der Waals surface area (Å²) in [5.74, 6) is -0.965. The lowest BCUT2D eigenvalue weighted by Crippen LogP contribution is -2.51. The Labute approximate surface area is 163 Å². The second-order valence-electron chi connectivity index (χ2n) is 6.84. The highest BCUT2D eigenvalue weighted by Gasteiger charge is 2.31. The van der Waals surface area contributed by atoms with Crippen LogP contribution in [0.1, 0.15) is 60.3 Å². The summed E-state index contributed by atoms with van der Waals surface area (Å²) in [7, 11) is 1.59. The average Bonchev–Trinajstić information content (AvgIpc) is 2.58. The number of amides is 2. The van der Waals surface area contributed by atoms with Gasteiger partial charge in [-0.3, -0.25) is 14.4 Å². The number of allylic oxidation sites excluding steroid dienone is 1. The van der Waals surface area contributed by atoms with Crippen molar-refractivity contribution >= 4 is 23.5 Å². The molecule has 0 saturated carbocycles. The number of carbonyl (C=O) groups excluding carboxylic acids is 3. The van der Waals surface area contributed by atoms with E-state index in [2.05, 4.69) is 5.32 Å². The van der Waals surface area contributed by atoms with Crippen LogP contribution in [0.25, 0.3) is 0 Å². The largest absolute Gasteiger partial charge is 0.466 e. The van der Waals surface area contributed by atoms with Gasteiger partial charge in [0.1, 0.15) is 6.04 Å². The van der Waals surface area contributed by atoms with E-state index in [1.165, 1.54) is 4.90 Å². The topological polar surface area (TPSA) is 99.6 Å². The van der Waals surface area contributed by atoms with Crippen molar-refractivity contribution in [2.24, 2.45) is 5.92 Å². The molecule has 0 aromatic heterocycles. The minimum absolute atomic E-state index is 0.0949. The zero-order chi connectivity index (χ0) is 21.0. The Kier molecular flexibility index (Phi) is 12.0. The highest BCUT2D eigenvalue weighted by atomic mass is 16.5. The van der Waals surface area contributed by atoms with Crippen LogP contribution in [0.2, 0.25) is 0 Å². The van der Waals surface area contributed by atoms with Crippen LogP contribution in [0.4, 0.5) is 0 Å². The van der Waals surface area contributed by atoms with Gasteiger partial charge in [-0.1, -0.05) is 33.3 Å². The highest BCUT2D eigenvalue weighted by Crippen LogP contribution is 2.14. The first kappa shape index (κ1) is 24.8. The fourth-order valence-electron chi connectivity index (χ4n) is 2.71. The second-order valence-corrected chi connectivity index (χ2v) is 6.84. The molecule has 0 aromatic rings. The van der Waals surface area contributed by atoms with Crippen LogP contribution in [0, 0.1) is 11.3 Å². The molecule has 0 aromatic carbocycles. The number of likely N-dealkylation sites (N-methyl/N-ethyl adjacent to an activating group) is 1. The summed E-state index contributed by atoms with van der Waals surface area (Å²) in [5, 5.41) is 10.7. The van der Waals surface area contributed by atoms with Gasteiger partial charge in [-0.25, -0.2) is 0 Å². The molecular formula is C20H35N3O4. The van der Waals surface area contributed by atoms with Gasteiger partial charge in [0.2, 0.25) is 5.91 Å². The van der Waals surface area contributed by atoms with Crippen molar-refractivity contribution in [3.05, 3.63) is 11.6 Å². The smallest absolute Gasteiger partial charge is 0.305 e. The number of esters is 1. The first-order chi connectivity index (χ1) is 12.7. The molecule has 0 aliphatic rings. The van der Waals surface area contributed by atoms with Crippen LogP contribution in [-0.4, -0.2) is 54.6 Å². The molecule has 0 radical (unpaired) electrons. The molecule has 0 rings (SSSR count). The number of hydrogen-bond acceptors (Lipinski definition) is 5. The lowest BCUT2D eigenvalue weighted by Gasteiger charge is -2.31. The van der Waals surface area contributed by atoms with E-state index < -0.39 is 6.04 Å². The SMILES string of the molecule is CCC/C=C(\C(C)=N)C(=O)N(C)C(C(=O)NCCCC(=O)OCC)C(C)C. The van der Waals surface area contributed by atoms with E-state index >= 15 is 0 Å². The molecule has 27 heavy (non-hydrogen) atoms. The lowest BCUT2D eigenvalue weighted by atomic mass is 9.99. The summed E-state index contributed by atoms with van der Waals surface area (Å²) in [6, 6.07) is -0.649. The average molecular weight is 382 g/mol. The summed E-state index contributed by atoms with van der Waals surface area (Å²) < 4.78 is 4.85. The van der Waals surface area contributed by atoms with Crippen LogP contribution in [-0.2, 0) is 19.1 Å². The predicted molar refractivity (Wildman–Crippen MR) is 107 cm³/mol. The Hall–Kier alpha value is -2.18. The van der Waals surface area contributed by atoms with E-state index in [1.807, 2.05) is 20.8 Å². The van der Waals surface area contributed by atoms with Crippen molar-refractivity contribution in [3.8, 4) is 0 Å². The van der Waals surface area contributed by atoms with Gasteiger partial charge in [-0.15, -0.1) is 0 Å². The Morgan fingerprint density at radius 1 is 1.22 bits per heavy atom. The Morgan fingerprint density at radius 3 is 2.33 bits per heavy atom. The van der Waals surface area contributed by atoms with Crippen molar-refractivity contribution in [2.45, 2.75) is 66.3 Å². The molecule has 0 aliphatic heterocycles. The van der Waals surface area contributed by atoms with E-state index in [0.29, 0.717) is 31.6 Å². The van der Waals surface area contributed by atoms with Gasteiger partial charge < -0.3 is 20.4 Å². The molecule has 2 N–H and O–H groups in total. The van der Waals surface area contributed by atoms with Crippen LogP contribution in [0.15, 0.2) is 11.6 Å². The van der Waals surface area contributed by atoms with Crippen molar-refractivity contribution in [1.29, 1.82) is 5.41 Å². The zero-order valence-electron chi connectivity index (χ0n) is 17.6. The molecule has 0 fully saturated rings. The maximum absolute atomic E-state index is 12.8. The standard InChI is InChI=1S/C20H35N3O4/c1-7-9-11-16(15(5)21)20(26)23(6)18(14(3)4)19(25)22-13-10-12-17(24)27-8-2/h11,14,18,21H,7-10,12-13H2,1-6H3,(H,22,25)/b16-11+,21-15?. The quantitative estimate of drug-likeness (QED) is 0.235. The fourth-order valence-corrected chi connectivity index (χ4v) is 2.71. The molecule has 154 valence electrons. The number of ether oxygens (including phenoxy) is 1. The second kappa shape index (κ2) is 13.1. The van der Waals surface area contributed by atoms with Gasteiger partial charge in [0.05, 0.1) is 12.2 Å². The van der Waals surface area contributed by atoms with E-state index in [-0.39, 0.29) is 35.8 Å². The number of carbonyl (C=O) groups is 3. The molecule has 7 heteroatoms. The number of nitrogens with zero attached hydrogens (tertiary/aromatic N) is 1. The fraction of sp³-hybridized carbons (Fsp3) is 0.700. The highest BCUT2D eigenvalue weighted by molar-refractivity contribution is 6.19. The number of unbranched alkanes of at least 4 members (excludes halogenated alkanes) is 1. The summed E-state index contributed by atoms with van der Waals surface area (Å²) in [5.41, 5.74) is 0.526. The Bertz CT molecular complexity index is 555. The van der Waals surface area contributed by atoms with Crippen LogP contribution in [0.3, 0.4) is 0 Å². The van der Waals surface area contributed by atoms with Crippen molar-refractivity contribution in [2.75, 3.05) is 20.2 Å². The molecule has 0 bridgehead atoms. The summed E-state index contributed by atoms with van der Waals surface area (Å²) in [4.78, 5) is 38.2. The third-order valence-electron chi connectivity index (χ3n) is 4.07. The molecule has 1 atom stereocenters. The molecule has 0 spiro atoms. The first-order valence-corrected chi connectivity index (χ1v) is 9.63. The van der Waals surface area contributed by atoms with E-state index in [1.54, 1.807) is 27.0 Å². The first-order valence-electron chi connectivity index (χ1n) is 9.63. The molecular weight excluding hydrogens is 346 g/mol. The molecule has 2 amide bonds. The van der Waals surface area contributed by atoms with E-state index in [9.17, 15) is 14.4 Å². The van der Waals surface area contributed by atoms with Crippen LogP contribution in [0.5, 0.6) is 0 Å². The van der Waals surface area contributed by atoms with Gasteiger partial charge in [-0.05, 0) is 32.6 Å². The summed E-state index contributed by atoms with van der Waals surface area (Å²) in [6.07, 6.45) is 4.07. The van der Waals surface area contributed by atoms with Crippen molar-refractivity contribution in [3.63, 3.8) is 0 Å². The number of hydrogen-bond donors (Lipinski definition) is 2. The monoisotopic (exact) mass is 381 g/mol. The van der Waals surface area contributed by atoms with E-state index in [0.717, 1.165) is 6.42 Å². The zero-order valence-corrected chi connectivity index (χ0v) is 17.6. The van der Waals surface area contributed by atoms with Gasteiger partial charge in [0.25, 0.3) is 5.91 Å². The van der Waals surface area contributed by atoms with Gasteiger partial charge in [0, 0.05) is 25.7 Å². The minimum atomic E-state index is -0.649.